The maximum absolute atomic E-state index is 13.1. The quantitative estimate of drug-likeness (QED) is 0.285. The molecule has 0 saturated heterocycles. The van der Waals surface area contributed by atoms with Crippen LogP contribution < -0.4 is 4.74 Å². The van der Waals surface area contributed by atoms with Gasteiger partial charge in [0.15, 0.2) is 10.9 Å². The Labute approximate surface area is 186 Å². The van der Waals surface area contributed by atoms with Crippen LogP contribution in [-0.2, 0) is 6.18 Å². The van der Waals surface area contributed by atoms with Gasteiger partial charge < -0.3 is 14.3 Å². The minimum atomic E-state index is -4.43. The fourth-order valence-corrected chi connectivity index (χ4v) is 4.40. The number of methoxy groups -OCH3 is 1. The zero-order valence-electron chi connectivity index (χ0n) is 17.6. The molecule has 0 aliphatic rings. The number of ketones is 1. The van der Waals surface area contributed by atoms with Crippen LogP contribution in [0, 0.1) is 13.8 Å². The van der Waals surface area contributed by atoms with Gasteiger partial charge in [-0.2, -0.15) is 13.2 Å². The average molecular weight is 459 g/mol. The van der Waals surface area contributed by atoms with Gasteiger partial charge in [0.2, 0.25) is 0 Å². The molecule has 4 rings (SSSR count). The lowest BCUT2D eigenvalue weighted by Crippen LogP contribution is -2.08. The Morgan fingerprint density at radius 2 is 1.94 bits per heavy atom. The zero-order chi connectivity index (χ0) is 23.0. The van der Waals surface area contributed by atoms with Crippen molar-refractivity contribution in [2.45, 2.75) is 25.2 Å². The predicted octanol–water partition coefficient (Wildman–Crippen LogP) is 5.97. The lowest BCUT2D eigenvalue weighted by Gasteiger charge is -2.13. The van der Waals surface area contributed by atoms with E-state index in [-0.39, 0.29) is 11.5 Å². The molecule has 32 heavy (non-hydrogen) atoms. The smallest absolute Gasteiger partial charge is 0.416 e. The van der Waals surface area contributed by atoms with E-state index in [1.807, 2.05) is 18.2 Å². The van der Waals surface area contributed by atoms with Gasteiger partial charge in [-0.3, -0.25) is 4.79 Å². The molecule has 0 spiro atoms. The van der Waals surface area contributed by atoms with E-state index in [1.54, 1.807) is 37.7 Å². The molecule has 0 radical (unpaired) electrons. The van der Waals surface area contributed by atoms with Crippen molar-refractivity contribution >= 4 is 28.6 Å². The van der Waals surface area contributed by atoms with E-state index in [2.05, 4.69) is 9.97 Å². The average Bonchev–Trinajstić information content (AvgIpc) is 3.30. The monoisotopic (exact) mass is 459 g/mol. The number of Topliss-reactive ketones (excluding diaryl/α,β-unsaturated/α-hetero) is 1. The van der Waals surface area contributed by atoms with Gasteiger partial charge >= 0.3 is 6.18 Å². The number of nitrogens with one attached hydrogen (secondary N) is 1. The van der Waals surface area contributed by atoms with Crippen LogP contribution in [-0.4, -0.2) is 33.2 Å². The first-order chi connectivity index (χ1) is 15.2. The van der Waals surface area contributed by atoms with Crippen LogP contribution in [0.3, 0.4) is 0 Å². The topological polar surface area (TPSA) is 59.9 Å². The summed E-state index contributed by atoms with van der Waals surface area (Å²) in [5.74, 6) is 0.722. The lowest BCUT2D eigenvalue weighted by molar-refractivity contribution is -0.137. The third kappa shape index (κ3) is 4.25. The van der Waals surface area contributed by atoms with Crippen molar-refractivity contribution in [2.75, 3.05) is 12.9 Å². The van der Waals surface area contributed by atoms with Crippen LogP contribution in [0.4, 0.5) is 13.2 Å². The van der Waals surface area contributed by atoms with Crippen LogP contribution in [0.15, 0.2) is 53.7 Å². The highest BCUT2D eigenvalue weighted by Crippen LogP contribution is 2.32. The number of aryl methyl sites for hydroxylation is 1. The van der Waals surface area contributed by atoms with Crippen molar-refractivity contribution in [3.8, 4) is 11.4 Å². The molecule has 0 unspecified atom stereocenters. The number of ether oxygens (including phenoxy) is 1. The van der Waals surface area contributed by atoms with Crippen LogP contribution in [0.1, 0.15) is 27.3 Å². The number of alkyl halides is 3. The van der Waals surface area contributed by atoms with E-state index in [4.69, 9.17) is 4.74 Å². The Morgan fingerprint density at radius 1 is 1.16 bits per heavy atom. The number of nitrogens with zero attached hydrogens (tertiary/aromatic N) is 2. The van der Waals surface area contributed by atoms with Crippen molar-refractivity contribution < 1.29 is 22.7 Å². The van der Waals surface area contributed by atoms with E-state index in [0.29, 0.717) is 33.5 Å². The fraction of sp³-hybridized carbons (Fsp3) is 0.217. The Balaban J connectivity index is 1.55. The number of aromatic nitrogens is 3. The van der Waals surface area contributed by atoms with Gasteiger partial charge in [0.1, 0.15) is 5.75 Å². The van der Waals surface area contributed by atoms with E-state index >= 15 is 0 Å². The number of benzene rings is 2. The second-order valence-electron chi connectivity index (χ2n) is 7.31. The van der Waals surface area contributed by atoms with Crippen LogP contribution >= 0.6 is 11.8 Å². The maximum Gasteiger partial charge on any atom is 0.416 e. The molecule has 0 atom stereocenters. The summed E-state index contributed by atoms with van der Waals surface area (Å²) in [5.41, 5.74) is 2.98. The molecule has 5 nitrogen and oxygen atoms in total. The molecule has 4 aromatic rings. The molecule has 166 valence electrons. The highest BCUT2D eigenvalue weighted by Gasteiger charge is 2.31. The number of carbonyl (C=O) groups is 1. The summed E-state index contributed by atoms with van der Waals surface area (Å²) in [6.07, 6.45) is -4.43. The number of H-pyrrole nitrogens is 1. The van der Waals surface area contributed by atoms with E-state index in [1.165, 1.54) is 17.8 Å². The van der Waals surface area contributed by atoms with Gasteiger partial charge in [-0.15, -0.1) is 0 Å². The molecule has 2 aromatic carbocycles. The first-order valence-electron chi connectivity index (χ1n) is 9.73. The van der Waals surface area contributed by atoms with Gasteiger partial charge in [-0.25, -0.2) is 4.98 Å². The molecule has 0 amide bonds. The minimum Gasteiger partial charge on any atom is -0.497 e. The Morgan fingerprint density at radius 3 is 2.66 bits per heavy atom. The molecule has 0 aliphatic carbocycles. The molecule has 1 N–H and O–H groups in total. The van der Waals surface area contributed by atoms with E-state index in [0.717, 1.165) is 23.2 Å². The summed E-state index contributed by atoms with van der Waals surface area (Å²) in [5, 5.41) is 0.605. The molecular formula is C23H20F3N3O2S. The Hall–Kier alpha value is -3.20. The van der Waals surface area contributed by atoms with E-state index < -0.39 is 11.7 Å². The number of thioether (sulfide) groups is 1. The Bertz CT molecular complexity index is 1310. The fourth-order valence-electron chi connectivity index (χ4n) is 3.64. The molecule has 0 saturated carbocycles. The number of imidazole rings is 1. The van der Waals surface area contributed by atoms with Crippen molar-refractivity contribution in [2.24, 2.45) is 0 Å². The summed E-state index contributed by atoms with van der Waals surface area (Å²) in [4.78, 5) is 20.5. The molecule has 0 fully saturated rings. The number of carbonyl (C=O) groups excluding carboxylic acids is 1. The number of halogens is 3. The molecule has 9 heteroatoms. The molecule has 0 aliphatic heterocycles. The third-order valence-electron chi connectivity index (χ3n) is 5.17. The summed E-state index contributed by atoms with van der Waals surface area (Å²) >= 11 is 1.27. The first-order valence-corrected chi connectivity index (χ1v) is 10.7. The summed E-state index contributed by atoms with van der Waals surface area (Å²) in [6.45, 7) is 3.50. The SMILES string of the molecule is COc1ccc2nc(SCC(=O)c3cc(C)n(-c4cccc(C(F)(F)F)c4)c3C)[nH]c2c1. The van der Waals surface area contributed by atoms with Crippen LogP contribution in [0.5, 0.6) is 5.75 Å². The highest BCUT2D eigenvalue weighted by molar-refractivity contribution is 7.99. The van der Waals surface area contributed by atoms with Gasteiger partial charge in [0.25, 0.3) is 0 Å². The number of hydrogen-bond acceptors (Lipinski definition) is 4. The third-order valence-corrected chi connectivity index (χ3v) is 6.04. The minimum absolute atomic E-state index is 0.126. The van der Waals surface area contributed by atoms with Crippen molar-refractivity contribution in [3.63, 3.8) is 0 Å². The van der Waals surface area contributed by atoms with E-state index in [9.17, 15) is 18.0 Å². The van der Waals surface area contributed by atoms with Crippen molar-refractivity contribution in [1.82, 2.24) is 14.5 Å². The normalized spacial score (nSPS) is 11.8. The van der Waals surface area contributed by atoms with Crippen LogP contribution in [0.25, 0.3) is 16.7 Å². The number of rotatable bonds is 6. The van der Waals surface area contributed by atoms with Crippen molar-refractivity contribution in [1.29, 1.82) is 0 Å². The zero-order valence-corrected chi connectivity index (χ0v) is 18.4. The maximum atomic E-state index is 13.1. The summed E-state index contributed by atoms with van der Waals surface area (Å²) in [6, 6.07) is 12.3. The Kier molecular flexibility index (Phi) is 5.77. The standard InChI is InChI=1S/C23H20F3N3O2S/c1-13-9-18(14(2)29(13)16-6-4-5-15(10-16)23(24,25)26)21(30)12-32-22-27-19-8-7-17(31-3)11-20(19)28-22/h4-11H,12H2,1-3H3,(H,27,28). The summed E-state index contributed by atoms with van der Waals surface area (Å²) < 4.78 is 46.2. The number of hydrogen-bond donors (Lipinski definition) is 1. The van der Waals surface area contributed by atoms with Crippen molar-refractivity contribution in [3.05, 3.63) is 71.0 Å². The second-order valence-corrected chi connectivity index (χ2v) is 8.27. The van der Waals surface area contributed by atoms with Gasteiger partial charge in [0, 0.05) is 28.7 Å². The highest BCUT2D eigenvalue weighted by atomic mass is 32.2. The number of fused-ring (bicyclic) bond motifs is 1. The second kappa shape index (κ2) is 8.38. The first kappa shape index (κ1) is 22.0. The lowest BCUT2D eigenvalue weighted by atomic mass is 10.1. The molecule has 0 bridgehead atoms. The number of aromatic amines is 1. The molecular weight excluding hydrogens is 439 g/mol. The molecule has 2 aromatic heterocycles. The van der Waals surface area contributed by atoms with Crippen LogP contribution in [0.2, 0.25) is 0 Å². The molecule has 2 heterocycles. The largest absolute Gasteiger partial charge is 0.497 e. The summed E-state index contributed by atoms with van der Waals surface area (Å²) in [7, 11) is 1.59. The van der Waals surface area contributed by atoms with Gasteiger partial charge in [0.05, 0.1) is 29.5 Å². The van der Waals surface area contributed by atoms with Gasteiger partial charge in [-0.05, 0) is 50.2 Å². The van der Waals surface area contributed by atoms with Gasteiger partial charge in [-0.1, -0.05) is 17.8 Å². The predicted molar refractivity (Wildman–Crippen MR) is 118 cm³/mol.